The van der Waals surface area contributed by atoms with Crippen molar-refractivity contribution in [1.82, 2.24) is 9.71 Å². The topological polar surface area (TPSA) is 62.2 Å². The largest absolute Gasteiger partial charge is 0.395 e. The van der Waals surface area contributed by atoms with Gasteiger partial charge in [-0.3, -0.25) is 4.98 Å². The van der Waals surface area contributed by atoms with Crippen LogP contribution in [-0.2, 0) is 11.0 Å². The zero-order valence-corrected chi connectivity index (χ0v) is 18.3. The molecule has 3 fully saturated rings. The molecule has 1 aliphatic heterocycles. The number of hydrogen-bond donors (Lipinski definition) is 2. The van der Waals surface area contributed by atoms with E-state index in [-0.39, 0.29) is 29.6 Å². The zero-order valence-electron chi connectivity index (χ0n) is 17.5. The molecule has 1 aromatic heterocycles. The number of hydrogen-bond acceptors (Lipinski definition) is 3. The van der Waals surface area contributed by atoms with E-state index in [0.29, 0.717) is 17.8 Å². The van der Waals surface area contributed by atoms with E-state index in [2.05, 4.69) is 21.9 Å². The highest BCUT2D eigenvalue weighted by atomic mass is 32.2. The molecule has 1 saturated heterocycles. The summed E-state index contributed by atoms with van der Waals surface area (Å²) in [7, 11) is -1.17. The Balaban J connectivity index is 1.40. The molecule has 7 unspecified atom stereocenters. The van der Waals surface area contributed by atoms with Crippen LogP contribution < -0.4 is 4.72 Å². The minimum atomic E-state index is -1.17. The van der Waals surface area contributed by atoms with Gasteiger partial charge in [0.25, 0.3) is 0 Å². The molecular weight excluding hydrogens is 411 g/mol. The lowest BCUT2D eigenvalue weighted by Crippen LogP contribution is -2.47. The normalized spacial score (nSPS) is 35.1. The van der Waals surface area contributed by atoms with Gasteiger partial charge in [-0.1, -0.05) is 43.5 Å². The second kappa shape index (κ2) is 8.93. The van der Waals surface area contributed by atoms with Gasteiger partial charge in [-0.2, -0.15) is 0 Å². The number of benzene rings is 1. The highest BCUT2D eigenvalue weighted by Crippen LogP contribution is 2.50. The highest BCUT2D eigenvalue weighted by molar-refractivity contribution is 7.84. The van der Waals surface area contributed by atoms with Crippen LogP contribution in [0.2, 0.25) is 0 Å². The number of halogens is 1. The van der Waals surface area contributed by atoms with Crippen molar-refractivity contribution in [3.63, 3.8) is 0 Å². The Morgan fingerprint density at radius 2 is 2.06 bits per heavy atom. The molecule has 6 heteroatoms. The summed E-state index contributed by atoms with van der Waals surface area (Å²) in [6.07, 6.45) is 12.2. The van der Waals surface area contributed by atoms with Gasteiger partial charge in [0.2, 0.25) is 0 Å². The van der Waals surface area contributed by atoms with E-state index in [1.54, 1.807) is 12.3 Å². The lowest BCUT2D eigenvalue weighted by atomic mass is 9.59. The van der Waals surface area contributed by atoms with Crippen LogP contribution in [0.3, 0.4) is 0 Å². The van der Waals surface area contributed by atoms with Gasteiger partial charge in [0.1, 0.15) is 5.82 Å². The molecule has 1 aromatic carbocycles. The Morgan fingerprint density at radius 3 is 2.84 bits per heavy atom. The number of aliphatic hydroxyl groups excluding tert-OH is 1. The van der Waals surface area contributed by atoms with Crippen molar-refractivity contribution in [3.05, 3.63) is 60.2 Å². The van der Waals surface area contributed by atoms with Crippen LogP contribution in [0.25, 0.3) is 17.2 Å². The lowest BCUT2D eigenvalue weighted by Gasteiger charge is -2.47. The Morgan fingerprint density at radius 1 is 1.19 bits per heavy atom. The number of aliphatic hydroxyl groups is 1. The van der Waals surface area contributed by atoms with E-state index >= 15 is 0 Å². The summed E-state index contributed by atoms with van der Waals surface area (Å²) in [5.74, 6) is 1.49. The Labute approximate surface area is 185 Å². The molecule has 2 heterocycles. The highest BCUT2D eigenvalue weighted by Gasteiger charge is 2.52. The van der Waals surface area contributed by atoms with Gasteiger partial charge < -0.3 is 5.11 Å². The first-order chi connectivity index (χ1) is 15.1. The van der Waals surface area contributed by atoms with Gasteiger partial charge in [-0.25, -0.2) is 13.3 Å². The minimum Gasteiger partial charge on any atom is -0.395 e. The van der Waals surface area contributed by atoms with Gasteiger partial charge in [0, 0.05) is 17.8 Å². The van der Waals surface area contributed by atoms with Crippen LogP contribution in [0.1, 0.15) is 37.8 Å². The maximum absolute atomic E-state index is 13.5. The smallest absolute Gasteiger partial charge is 0.123 e. The van der Waals surface area contributed by atoms with Crippen molar-refractivity contribution >= 4 is 17.1 Å². The quantitative estimate of drug-likeness (QED) is 0.744. The maximum Gasteiger partial charge on any atom is 0.123 e. The first kappa shape index (κ1) is 21.0. The van der Waals surface area contributed by atoms with Crippen molar-refractivity contribution in [2.45, 2.75) is 43.4 Å². The molecular formula is C25H29FN2O2S. The predicted octanol–water partition coefficient (Wildman–Crippen LogP) is 4.34. The number of aromatic nitrogens is 1. The third-order valence-electron chi connectivity index (χ3n) is 7.51. The molecule has 0 amide bonds. The van der Waals surface area contributed by atoms with Crippen LogP contribution in [0.15, 0.2) is 48.7 Å². The number of pyridine rings is 1. The van der Waals surface area contributed by atoms with Crippen molar-refractivity contribution in [3.8, 4) is 11.1 Å². The molecule has 0 spiro atoms. The Kier molecular flexibility index (Phi) is 6.04. The molecule has 2 saturated carbocycles. The van der Waals surface area contributed by atoms with E-state index in [4.69, 9.17) is 0 Å². The monoisotopic (exact) mass is 440 g/mol. The fourth-order valence-electron chi connectivity index (χ4n) is 6.10. The van der Waals surface area contributed by atoms with E-state index in [1.807, 2.05) is 18.2 Å². The number of fused-ring (bicyclic) bond motifs is 2. The standard InChI is InChI=1S/C25H29FN2O2S/c26-19-6-3-5-16(12-19)18-8-9-20(27-14-18)10-11-22-21-7-2-1-4-17(21)13-23-25(22)24(15-29)31(30)28-23/h3,5-6,8-12,14,17,21-25,28-29H,1-2,4,7,13,15H2/b11-10+. The summed E-state index contributed by atoms with van der Waals surface area (Å²) in [5, 5.41) is 9.73. The molecule has 2 aliphatic carbocycles. The zero-order chi connectivity index (χ0) is 21.4. The van der Waals surface area contributed by atoms with Crippen LogP contribution in [0.5, 0.6) is 0 Å². The molecule has 31 heavy (non-hydrogen) atoms. The predicted molar refractivity (Wildman–Crippen MR) is 122 cm³/mol. The van der Waals surface area contributed by atoms with E-state index in [1.165, 1.54) is 37.8 Å². The first-order valence-electron chi connectivity index (χ1n) is 11.3. The van der Waals surface area contributed by atoms with Gasteiger partial charge in [-0.15, -0.1) is 0 Å². The summed E-state index contributed by atoms with van der Waals surface area (Å²) < 4.78 is 29.4. The summed E-state index contributed by atoms with van der Waals surface area (Å²) in [6, 6.07) is 10.7. The van der Waals surface area contributed by atoms with E-state index < -0.39 is 11.0 Å². The maximum atomic E-state index is 13.5. The van der Waals surface area contributed by atoms with Crippen molar-refractivity contribution in [1.29, 1.82) is 0 Å². The number of allylic oxidation sites excluding steroid dienone is 1. The second-order valence-electron chi connectivity index (χ2n) is 9.18. The summed E-state index contributed by atoms with van der Waals surface area (Å²) >= 11 is 0. The Bertz CT molecular complexity index is 980. The molecule has 2 aromatic rings. The van der Waals surface area contributed by atoms with Gasteiger partial charge in [-0.05, 0) is 66.4 Å². The molecule has 5 rings (SSSR count). The van der Waals surface area contributed by atoms with Crippen LogP contribution in [0.4, 0.5) is 4.39 Å². The van der Waals surface area contributed by atoms with Crippen molar-refractivity contribution < 1.29 is 13.7 Å². The summed E-state index contributed by atoms with van der Waals surface area (Å²) in [5.41, 5.74) is 2.56. The summed E-state index contributed by atoms with van der Waals surface area (Å²) in [4.78, 5) is 4.58. The summed E-state index contributed by atoms with van der Waals surface area (Å²) in [6.45, 7) is -0.0386. The molecule has 164 valence electrons. The first-order valence-corrected chi connectivity index (χ1v) is 12.5. The fraction of sp³-hybridized carbons (Fsp3) is 0.480. The third kappa shape index (κ3) is 4.13. The second-order valence-corrected chi connectivity index (χ2v) is 10.6. The van der Waals surface area contributed by atoms with Crippen molar-refractivity contribution in [2.24, 2.45) is 23.7 Å². The molecule has 0 radical (unpaired) electrons. The van der Waals surface area contributed by atoms with Gasteiger partial charge in [0.05, 0.1) is 28.5 Å². The van der Waals surface area contributed by atoms with Crippen LogP contribution >= 0.6 is 0 Å². The van der Waals surface area contributed by atoms with Gasteiger partial charge in [0.15, 0.2) is 0 Å². The average Bonchev–Trinajstić information content (AvgIpc) is 3.11. The minimum absolute atomic E-state index is 0.0386. The fourth-order valence-corrected chi connectivity index (χ4v) is 7.62. The van der Waals surface area contributed by atoms with Crippen LogP contribution in [-0.4, -0.2) is 32.2 Å². The van der Waals surface area contributed by atoms with Crippen LogP contribution in [0, 0.1) is 29.5 Å². The van der Waals surface area contributed by atoms with E-state index in [0.717, 1.165) is 23.2 Å². The molecule has 4 nitrogen and oxygen atoms in total. The SMILES string of the molecule is O=S1NC2CC3CCCCC3C(/C=C/c3ccc(-c4cccc(F)c4)cn3)C2C1CO. The number of nitrogens with zero attached hydrogens (tertiary/aromatic N) is 1. The van der Waals surface area contributed by atoms with Gasteiger partial charge >= 0.3 is 0 Å². The van der Waals surface area contributed by atoms with E-state index in [9.17, 15) is 13.7 Å². The Hall–Kier alpha value is -1.89. The average molecular weight is 441 g/mol. The van der Waals surface area contributed by atoms with Crippen molar-refractivity contribution in [2.75, 3.05) is 6.61 Å². The number of nitrogens with one attached hydrogen (secondary N) is 1. The number of rotatable bonds is 4. The molecule has 0 bridgehead atoms. The molecule has 3 aliphatic rings. The third-order valence-corrected chi connectivity index (χ3v) is 9.06. The molecule has 2 N–H and O–H groups in total. The molecule has 7 atom stereocenters. The lowest BCUT2D eigenvalue weighted by molar-refractivity contribution is 0.0595.